The summed E-state index contributed by atoms with van der Waals surface area (Å²) in [6, 6.07) is 0. The van der Waals surface area contributed by atoms with Crippen molar-refractivity contribution in [2.75, 3.05) is 0 Å². The van der Waals surface area contributed by atoms with E-state index >= 15 is 0 Å². The molecule has 4 fully saturated rings. The van der Waals surface area contributed by atoms with Crippen molar-refractivity contribution in [1.82, 2.24) is 0 Å². The monoisotopic (exact) mass is 534 g/mol. The highest BCUT2D eigenvalue weighted by Crippen LogP contribution is 2.72. The summed E-state index contributed by atoms with van der Waals surface area (Å²) in [6.45, 7) is 10.7. The number of ether oxygens (including phenoxy) is 4. The Bertz CT molecular complexity index is 1060. The van der Waals surface area contributed by atoms with Crippen LogP contribution in [0.4, 0.5) is 0 Å². The zero-order valence-electron chi connectivity index (χ0n) is 23.1. The van der Waals surface area contributed by atoms with Crippen molar-refractivity contribution in [3.63, 3.8) is 0 Å². The van der Waals surface area contributed by atoms with Crippen molar-refractivity contribution in [2.24, 2.45) is 39.9 Å². The summed E-state index contributed by atoms with van der Waals surface area (Å²) >= 11 is 0. The SMILES string of the molecule is CC(=O)O[C@H]1C[C@@H]2[C@@H](OC(C)=O)[C@@]3(C(=O)[C@@H]2C)C1[C@@]1(C=O)[C@H](C[C@H]3OC(C)=O)C(C)(C)CC[C@H]1OC(C)=O. The van der Waals surface area contributed by atoms with Crippen molar-refractivity contribution in [1.29, 1.82) is 0 Å². The van der Waals surface area contributed by atoms with Gasteiger partial charge < -0.3 is 23.7 Å². The zero-order chi connectivity index (χ0) is 28.4. The third kappa shape index (κ3) is 3.88. The van der Waals surface area contributed by atoms with E-state index in [1.165, 1.54) is 27.7 Å². The van der Waals surface area contributed by atoms with Crippen molar-refractivity contribution in [3.05, 3.63) is 0 Å². The predicted octanol–water partition coefficient (Wildman–Crippen LogP) is 2.58. The van der Waals surface area contributed by atoms with Crippen LogP contribution in [0, 0.1) is 39.9 Å². The van der Waals surface area contributed by atoms with Gasteiger partial charge in [-0.05, 0) is 37.0 Å². The average Bonchev–Trinajstić information content (AvgIpc) is 2.91. The molecule has 2 bridgehead atoms. The number of esters is 4. The number of Topliss-reactive ketones (excluding diaryl/α,β-unsaturated/α-hetero) is 1. The molecule has 0 amide bonds. The van der Waals surface area contributed by atoms with E-state index < -0.39 is 88.2 Å². The number of rotatable bonds is 5. The Morgan fingerprint density at radius 1 is 0.842 bits per heavy atom. The highest BCUT2D eigenvalue weighted by atomic mass is 16.6. The summed E-state index contributed by atoms with van der Waals surface area (Å²) in [5.41, 5.74) is -3.62. The summed E-state index contributed by atoms with van der Waals surface area (Å²) in [4.78, 5) is 77.5. The molecule has 1 unspecified atom stereocenters. The fraction of sp³-hybridized carbons (Fsp3) is 0.786. The van der Waals surface area contributed by atoms with E-state index in [4.69, 9.17) is 18.9 Å². The Morgan fingerprint density at radius 3 is 1.92 bits per heavy atom. The molecule has 0 aromatic carbocycles. The quantitative estimate of drug-likeness (QED) is 0.294. The van der Waals surface area contributed by atoms with E-state index in [-0.39, 0.29) is 18.6 Å². The van der Waals surface area contributed by atoms with Crippen LogP contribution in [0.1, 0.15) is 74.1 Å². The van der Waals surface area contributed by atoms with Crippen LogP contribution in [0.15, 0.2) is 0 Å². The molecule has 10 nitrogen and oxygen atoms in total. The lowest BCUT2D eigenvalue weighted by atomic mass is 9.38. The van der Waals surface area contributed by atoms with Gasteiger partial charge in [0.2, 0.25) is 0 Å². The van der Waals surface area contributed by atoms with Crippen LogP contribution >= 0.6 is 0 Å². The van der Waals surface area contributed by atoms with Crippen LogP contribution < -0.4 is 0 Å². The van der Waals surface area contributed by atoms with Crippen molar-refractivity contribution in [3.8, 4) is 0 Å². The molecule has 0 radical (unpaired) electrons. The molecule has 4 aliphatic carbocycles. The molecule has 210 valence electrons. The van der Waals surface area contributed by atoms with Crippen molar-refractivity contribution < 1.29 is 47.7 Å². The number of ketones is 1. The van der Waals surface area contributed by atoms with Crippen LogP contribution in [0.5, 0.6) is 0 Å². The molecular formula is C28H38O10. The summed E-state index contributed by atoms with van der Waals surface area (Å²) in [7, 11) is 0. The second-order valence-electron chi connectivity index (χ2n) is 12.3. The van der Waals surface area contributed by atoms with E-state index in [1.807, 2.05) is 13.8 Å². The number of hydrogen-bond acceptors (Lipinski definition) is 10. The minimum Gasteiger partial charge on any atom is -0.462 e. The largest absolute Gasteiger partial charge is 0.462 e. The molecule has 4 saturated carbocycles. The molecule has 10 atom stereocenters. The van der Waals surface area contributed by atoms with Crippen LogP contribution in [-0.2, 0) is 47.7 Å². The molecule has 4 aliphatic rings. The van der Waals surface area contributed by atoms with Gasteiger partial charge in [0, 0.05) is 45.4 Å². The van der Waals surface area contributed by atoms with Gasteiger partial charge in [0.25, 0.3) is 0 Å². The summed E-state index contributed by atoms with van der Waals surface area (Å²) < 4.78 is 23.4. The Morgan fingerprint density at radius 2 is 1.39 bits per heavy atom. The first-order chi connectivity index (χ1) is 17.6. The molecular weight excluding hydrogens is 496 g/mol. The average molecular weight is 535 g/mol. The maximum absolute atomic E-state index is 14.4. The minimum absolute atomic E-state index is 0.120. The van der Waals surface area contributed by atoms with E-state index in [2.05, 4.69) is 0 Å². The lowest BCUT2D eigenvalue weighted by molar-refractivity contribution is -0.276. The van der Waals surface area contributed by atoms with E-state index in [0.29, 0.717) is 12.8 Å². The predicted molar refractivity (Wildman–Crippen MR) is 130 cm³/mol. The van der Waals surface area contributed by atoms with Crippen LogP contribution in [0.2, 0.25) is 0 Å². The third-order valence-electron chi connectivity index (χ3n) is 9.84. The topological polar surface area (TPSA) is 139 Å². The number of aldehydes is 1. The minimum atomic E-state index is -1.66. The highest BCUT2D eigenvalue weighted by Gasteiger charge is 2.82. The first-order valence-corrected chi connectivity index (χ1v) is 13.3. The fourth-order valence-corrected chi connectivity index (χ4v) is 8.80. The second-order valence-corrected chi connectivity index (χ2v) is 12.3. The first kappa shape index (κ1) is 28.2. The third-order valence-corrected chi connectivity index (χ3v) is 9.84. The molecule has 0 aromatic heterocycles. The number of carbonyl (C=O) groups excluding carboxylic acids is 6. The fourth-order valence-electron chi connectivity index (χ4n) is 8.80. The highest BCUT2D eigenvalue weighted by molar-refractivity contribution is 5.94. The zero-order valence-corrected chi connectivity index (χ0v) is 23.1. The van der Waals surface area contributed by atoms with Crippen LogP contribution in [0.3, 0.4) is 0 Å². The second kappa shape index (κ2) is 9.45. The molecule has 38 heavy (non-hydrogen) atoms. The summed E-state index contributed by atoms with van der Waals surface area (Å²) in [5, 5.41) is 0. The van der Waals surface area contributed by atoms with Gasteiger partial charge in [0.1, 0.15) is 41.9 Å². The Balaban J connectivity index is 2.09. The standard InChI is InChI=1S/C28H38O10/c1-13-18-10-19(35-14(2)30)23-27(12-29)20(26(6,7)9-8-21(27)36-15(3)31)11-22(37-16(4)32)28(23,24(13)34)25(18)38-17(5)33/h12-13,18-23,25H,8-11H2,1-7H3/t13-,18+,19+,20-,21-,22-,23?,25-,27+,28-/m1/s1. The Labute approximate surface area is 222 Å². The maximum Gasteiger partial charge on any atom is 0.302 e. The van der Waals surface area contributed by atoms with Crippen LogP contribution in [-0.4, -0.2) is 60.4 Å². The van der Waals surface area contributed by atoms with E-state index in [1.54, 1.807) is 6.92 Å². The molecule has 1 spiro atoms. The molecule has 0 saturated heterocycles. The molecule has 0 N–H and O–H groups in total. The van der Waals surface area contributed by atoms with E-state index in [0.717, 1.165) is 6.29 Å². The number of fused-ring (bicyclic) bond motifs is 3. The van der Waals surface area contributed by atoms with Gasteiger partial charge in [0.05, 0.1) is 5.41 Å². The normalized spacial score (nSPS) is 42.7. The van der Waals surface area contributed by atoms with Crippen LogP contribution in [0.25, 0.3) is 0 Å². The smallest absolute Gasteiger partial charge is 0.302 e. The number of carbonyl (C=O) groups is 6. The first-order valence-electron chi connectivity index (χ1n) is 13.3. The summed E-state index contributed by atoms with van der Waals surface area (Å²) in [5.74, 6) is -5.40. The molecule has 0 aliphatic heterocycles. The van der Waals surface area contributed by atoms with Crippen molar-refractivity contribution in [2.45, 2.75) is 98.6 Å². The van der Waals surface area contributed by atoms with Crippen molar-refractivity contribution >= 4 is 35.9 Å². The van der Waals surface area contributed by atoms with Gasteiger partial charge in [-0.25, -0.2) is 0 Å². The van der Waals surface area contributed by atoms with Gasteiger partial charge >= 0.3 is 23.9 Å². The lowest BCUT2D eigenvalue weighted by Crippen LogP contribution is -2.75. The van der Waals surface area contributed by atoms with Gasteiger partial charge in [-0.15, -0.1) is 0 Å². The van der Waals surface area contributed by atoms with Gasteiger partial charge in [-0.2, -0.15) is 0 Å². The maximum atomic E-state index is 14.4. The van der Waals surface area contributed by atoms with E-state index in [9.17, 15) is 28.8 Å². The molecule has 0 heterocycles. The van der Waals surface area contributed by atoms with Gasteiger partial charge in [-0.1, -0.05) is 20.8 Å². The number of hydrogen-bond donors (Lipinski definition) is 0. The Hall–Kier alpha value is -2.78. The van der Waals surface area contributed by atoms with Gasteiger partial charge in [-0.3, -0.25) is 24.0 Å². The van der Waals surface area contributed by atoms with Gasteiger partial charge in [0.15, 0.2) is 0 Å². The molecule has 4 rings (SSSR count). The summed E-state index contributed by atoms with van der Waals surface area (Å²) in [6.07, 6.45) is -1.88. The Kier molecular flexibility index (Phi) is 7.02. The molecule has 0 aromatic rings. The lowest BCUT2D eigenvalue weighted by Gasteiger charge is -2.66. The molecule has 10 heteroatoms.